The van der Waals surface area contributed by atoms with E-state index in [-0.39, 0.29) is 53.7 Å². The molecule has 22 heavy (non-hydrogen) atoms. The lowest BCUT2D eigenvalue weighted by Gasteiger charge is -2.42. The van der Waals surface area contributed by atoms with Crippen molar-refractivity contribution in [2.45, 2.75) is 64.1 Å². The SMILES string of the molecule is CCC1(OC(=O)C2C3CC4C(OCC(=O)C42)C3C)CCCC1. The van der Waals surface area contributed by atoms with Crippen LogP contribution in [-0.4, -0.2) is 30.1 Å². The summed E-state index contributed by atoms with van der Waals surface area (Å²) < 4.78 is 11.8. The average Bonchev–Trinajstić information content (AvgIpc) is 3.18. The Morgan fingerprint density at radius 2 is 2.05 bits per heavy atom. The molecule has 6 unspecified atom stereocenters. The Kier molecular flexibility index (Phi) is 3.37. The maximum absolute atomic E-state index is 12.9. The summed E-state index contributed by atoms with van der Waals surface area (Å²) in [5, 5.41) is 0. The van der Waals surface area contributed by atoms with Crippen LogP contribution in [0.3, 0.4) is 0 Å². The molecule has 4 heteroatoms. The van der Waals surface area contributed by atoms with Crippen LogP contribution >= 0.6 is 0 Å². The molecule has 1 heterocycles. The minimum absolute atomic E-state index is 0.0956. The van der Waals surface area contributed by atoms with Crippen LogP contribution in [0.5, 0.6) is 0 Å². The van der Waals surface area contributed by atoms with Gasteiger partial charge in [0.1, 0.15) is 12.2 Å². The van der Waals surface area contributed by atoms with Gasteiger partial charge < -0.3 is 9.47 Å². The molecule has 2 bridgehead atoms. The molecule has 3 saturated carbocycles. The predicted octanol–water partition coefficient (Wildman–Crippen LogP) is 2.74. The molecular weight excluding hydrogens is 280 g/mol. The first-order valence-corrected chi connectivity index (χ1v) is 8.93. The van der Waals surface area contributed by atoms with Crippen molar-refractivity contribution >= 4 is 11.8 Å². The third-order valence-electron chi connectivity index (χ3n) is 7.01. The lowest BCUT2D eigenvalue weighted by atomic mass is 9.70. The van der Waals surface area contributed by atoms with E-state index in [0.717, 1.165) is 38.5 Å². The topological polar surface area (TPSA) is 52.6 Å². The summed E-state index contributed by atoms with van der Waals surface area (Å²) >= 11 is 0. The second-order valence-electron chi connectivity index (χ2n) is 7.88. The van der Waals surface area contributed by atoms with Crippen molar-refractivity contribution in [3.05, 3.63) is 0 Å². The Morgan fingerprint density at radius 1 is 1.32 bits per heavy atom. The molecule has 4 fully saturated rings. The van der Waals surface area contributed by atoms with E-state index < -0.39 is 0 Å². The number of carbonyl (C=O) groups is 2. The van der Waals surface area contributed by atoms with Gasteiger partial charge in [0.2, 0.25) is 0 Å². The smallest absolute Gasteiger partial charge is 0.310 e. The van der Waals surface area contributed by atoms with E-state index in [0.29, 0.717) is 5.92 Å². The molecule has 6 atom stereocenters. The molecule has 0 amide bonds. The molecule has 4 rings (SSSR count). The first-order valence-electron chi connectivity index (χ1n) is 8.93. The van der Waals surface area contributed by atoms with Crippen molar-refractivity contribution in [3.8, 4) is 0 Å². The molecule has 4 aliphatic rings. The first-order chi connectivity index (χ1) is 10.6. The average molecular weight is 306 g/mol. The Labute approximate surface area is 131 Å². The third kappa shape index (κ3) is 1.92. The van der Waals surface area contributed by atoms with Crippen molar-refractivity contribution in [3.63, 3.8) is 0 Å². The quantitative estimate of drug-likeness (QED) is 0.752. The number of ketones is 1. The zero-order valence-electron chi connectivity index (χ0n) is 13.5. The highest BCUT2D eigenvalue weighted by molar-refractivity contribution is 5.90. The second kappa shape index (κ2) is 5.05. The van der Waals surface area contributed by atoms with Gasteiger partial charge in [0.05, 0.1) is 12.0 Å². The second-order valence-corrected chi connectivity index (χ2v) is 7.88. The number of esters is 1. The fourth-order valence-corrected chi connectivity index (χ4v) is 5.79. The van der Waals surface area contributed by atoms with Gasteiger partial charge in [-0.1, -0.05) is 13.8 Å². The molecule has 122 valence electrons. The van der Waals surface area contributed by atoms with Gasteiger partial charge >= 0.3 is 5.97 Å². The van der Waals surface area contributed by atoms with E-state index in [1.807, 2.05) is 0 Å². The molecule has 4 nitrogen and oxygen atoms in total. The number of ether oxygens (including phenoxy) is 2. The van der Waals surface area contributed by atoms with E-state index in [1.54, 1.807) is 0 Å². The third-order valence-corrected chi connectivity index (χ3v) is 7.01. The molecule has 0 aromatic rings. The van der Waals surface area contributed by atoms with Crippen LogP contribution in [0.4, 0.5) is 0 Å². The number of hydrogen-bond acceptors (Lipinski definition) is 4. The Morgan fingerprint density at radius 3 is 2.73 bits per heavy atom. The van der Waals surface area contributed by atoms with Crippen molar-refractivity contribution in [2.75, 3.05) is 6.61 Å². The van der Waals surface area contributed by atoms with Crippen LogP contribution < -0.4 is 0 Å². The van der Waals surface area contributed by atoms with Gasteiger partial charge in [-0.05, 0) is 56.3 Å². The largest absolute Gasteiger partial charge is 0.459 e. The van der Waals surface area contributed by atoms with Crippen LogP contribution in [0.25, 0.3) is 0 Å². The van der Waals surface area contributed by atoms with Crippen LogP contribution in [0.2, 0.25) is 0 Å². The van der Waals surface area contributed by atoms with Gasteiger partial charge in [0.25, 0.3) is 0 Å². The van der Waals surface area contributed by atoms with Crippen molar-refractivity contribution in [2.24, 2.45) is 29.6 Å². The van der Waals surface area contributed by atoms with Crippen LogP contribution in [0.15, 0.2) is 0 Å². The molecule has 0 aromatic heterocycles. The Hall–Kier alpha value is -0.900. The van der Waals surface area contributed by atoms with Gasteiger partial charge in [0.15, 0.2) is 5.78 Å². The van der Waals surface area contributed by atoms with Crippen molar-refractivity contribution in [1.29, 1.82) is 0 Å². The minimum atomic E-state index is -0.254. The first kappa shape index (κ1) is 14.7. The van der Waals surface area contributed by atoms with E-state index >= 15 is 0 Å². The maximum atomic E-state index is 12.9. The number of fused-ring (bicyclic) bond motifs is 1. The number of rotatable bonds is 3. The number of carbonyl (C=O) groups excluding carboxylic acids is 2. The summed E-state index contributed by atoms with van der Waals surface area (Å²) in [5.41, 5.74) is -0.254. The highest BCUT2D eigenvalue weighted by Gasteiger charge is 2.64. The zero-order valence-corrected chi connectivity index (χ0v) is 13.5. The summed E-state index contributed by atoms with van der Waals surface area (Å²) in [6, 6.07) is 0. The summed E-state index contributed by atoms with van der Waals surface area (Å²) in [6.07, 6.45) is 6.29. The Balaban J connectivity index is 1.56. The summed E-state index contributed by atoms with van der Waals surface area (Å²) in [7, 11) is 0. The summed E-state index contributed by atoms with van der Waals surface area (Å²) in [4.78, 5) is 25.2. The monoisotopic (exact) mass is 306 g/mol. The molecule has 3 aliphatic carbocycles. The summed E-state index contributed by atoms with van der Waals surface area (Å²) in [6.45, 7) is 4.47. The lowest BCUT2D eigenvalue weighted by molar-refractivity contribution is -0.180. The van der Waals surface area contributed by atoms with Gasteiger partial charge in [-0.15, -0.1) is 0 Å². The van der Waals surface area contributed by atoms with Gasteiger partial charge in [0, 0.05) is 5.92 Å². The van der Waals surface area contributed by atoms with Crippen molar-refractivity contribution in [1.82, 2.24) is 0 Å². The fraction of sp³-hybridized carbons (Fsp3) is 0.889. The number of hydrogen-bond donors (Lipinski definition) is 0. The lowest BCUT2D eigenvalue weighted by Crippen LogP contribution is -2.51. The van der Waals surface area contributed by atoms with Crippen LogP contribution in [0, 0.1) is 29.6 Å². The van der Waals surface area contributed by atoms with Gasteiger partial charge in [-0.25, -0.2) is 0 Å². The molecule has 0 N–H and O–H groups in total. The van der Waals surface area contributed by atoms with E-state index in [9.17, 15) is 9.59 Å². The van der Waals surface area contributed by atoms with Crippen LogP contribution in [0.1, 0.15) is 52.4 Å². The molecule has 0 aromatic carbocycles. The van der Waals surface area contributed by atoms with E-state index in [4.69, 9.17) is 9.47 Å². The summed E-state index contributed by atoms with van der Waals surface area (Å²) in [5.74, 6) is 0.566. The molecule has 0 radical (unpaired) electrons. The van der Waals surface area contributed by atoms with Crippen molar-refractivity contribution < 1.29 is 19.1 Å². The molecule has 1 saturated heterocycles. The zero-order chi connectivity index (χ0) is 15.5. The standard InChI is InChI=1S/C18H26O4/c1-3-18(6-4-5-7-18)22-17(20)15-11-8-12-14(15)13(19)9-21-16(12)10(11)2/h10-12,14-16H,3-9H2,1-2H3. The Bertz CT molecular complexity index is 493. The highest BCUT2D eigenvalue weighted by Crippen LogP contribution is 2.58. The maximum Gasteiger partial charge on any atom is 0.310 e. The molecular formula is C18H26O4. The predicted molar refractivity (Wildman–Crippen MR) is 80.1 cm³/mol. The minimum Gasteiger partial charge on any atom is -0.459 e. The molecule has 1 aliphatic heterocycles. The highest BCUT2D eigenvalue weighted by atomic mass is 16.6. The van der Waals surface area contributed by atoms with E-state index in [2.05, 4.69) is 13.8 Å². The fourth-order valence-electron chi connectivity index (χ4n) is 5.79. The normalized spacial score (nSPS) is 45.3. The van der Waals surface area contributed by atoms with Crippen LogP contribution in [-0.2, 0) is 19.1 Å². The molecule has 0 spiro atoms. The van der Waals surface area contributed by atoms with Gasteiger partial charge in [-0.2, -0.15) is 0 Å². The number of Topliss-reactive ketones (excluding diaryl/α,β-unsaturated/α-hetero) is 1. The van der Waals surface area contributed by atoms with E-state index in [1.165, 1.54) is 0 Å². The van der Waals surface area contributed by atoms with Gasteiger partial charge in [-0.3, -0.25) is 9.59 Å².